The van der Waals surface area contributed by atoms with Crippen LogP contribution in [0.5, 0.6) is 0 Å². The molecule has 21 heavy (non-hydrogen) atoms. The summed E-state index contributed by atoms with van der Waals surface area (Å²) >= 11 is 0. The smallest absolute Gasteiger partial charge is 0.238 e. The van der Waals surface area contributed by atoms with Gasteiger partial charge in [-0.1, -0.05) is 0 Å². The summed E-state index contributed by atoms with van der Waals surface area (Å²) in [6, 6.07) is 4.53. The minimum absolute atomic E-state index is 0.0166. The molecule has 0 atom stereocenters. The number of hydrogen-bond acceptors (Lipinski definition) is 4. The molecule has 0 saturated heterocycles. The Kier molecular flexibility index (Phi) is 3.79. The molecule has 0 radical (unpaired) electrons. The summed E-state index contributed by atoms with van der Waals surface area (Å²) in [4.78, 5) is -0.317. The minimum atomic E-state index is -4.03. The van der Waals surface area contributed by atoms with Gasteiger partial charge in [-0.3, -0.25) is 0 Å². The summed E-state index contributed by atoms with van der Waals surface area (Å²) in [5.74, 6) is -3.68. The lowest BCUT2D eigenvalue weighted by Gasteiger charge is -2.10. The molecule has 0 aliphatic carbocycles. The van der Waals surface area contributed by atoms with Crippen LogP contribution in [-0.4, -0.2) is 8.42 Å². The average Bonchev–Trinajstić information content (AvgIpc) is 2.33. The second-order valence-electron chi connectivity index (χ2n) is 4.21. The van der Waals surface area contributed by atoms with E-state index in [-0.39, 0.29) is 16.3 Å². The highest BCUT2D eigenvalue weighted by atomic mass is 32.2. The maximum absolute atomic E-state index is 13.5. The highest BCUT2D eigenvalue weighted by Crippen LogP contribution is 2.26. The summed E-state index contributed by atoms with van der Waals surface area (Å²) in [6.07, 6.45) is 0. The molecule has 0 fully saturated rings. The Morgan fingerprint density at radius 3 is 2.29 bits per heavy atom. The molecule has 0 aliphatic rings. The van der Waals surface area contributed by atoms with Crippen LogP contribution in [-0.2, 0) is 10.0 Å². The van der Waals surface area contributed by atoms with E-state index in [0.29, 0.717) is 6.07 Å². The number of benzene rings is 2. The van der Waals surface area contributed by atoms with E-state index < -0.39 is 33.2 Å². The molecule has 0 bridgehead atoms. The standard InChI is InChI=1S/C12H10F3N3O2S/c13-6-1-10(14)12(15)11(2-6)18-8-3-7(16)4-9(5-8)21(17,19)20/h1-5,18H,16H2,(H2,17,19,20). The van der Waals surface area contributed by atoms with E-state index >= 15 is 0 Å². The summed E-state index contributed by atoms with van der Waals surface area (Å²) in [5.41, 5.74) is 5.05. The lowest BCUT2D eigenvalue weighted by atomic mass is 10.2. The van der Waals surface area contributed by atoms with Crippen molar-refractivity contribution in [3.63, 3.8) is 0 Å². The SMILES string of the molecule is Nc1cc(Nc2cc(F)cc(F)c2F)cc(S(N)(=O)=O)c1. The summed E-state index contributed by atoms with van der Waals surface area (Å²) in [7, 11) is -4.03. The van der Waals surface area contributed by atoms with Gasteiger partial charge >= 0.3 is 0 Å². The highest BCUT2D eigenvalue weighted by molar-refractivity contribution is 7.89. The van der Waals surface area contributed by atoms with Gasteiger partial charge in [-0.15, -0.1) is 0 Å². The third-order valence-corrected chi connectivity index (χ3v) is 3.42. The first-order valence-corrected chi connectivity index (χ1v) is 7.06. The predicted octanol–water partition coefficient (Wildman–Crippen LogP) is 2.08. The first-order chi connectivity index (χ1) is 9.66. The zero-order valence-electron chi connectivity index (χ0n) is 10.4. The molecule has 2 aromatic carbocycles. The first kappa shape index (κ1) is 15.1. The van der Waals surface area contributed by atoms with Crippen molar-refractivity contribution >= 4 is 27.1 Å². The molecule has 0 unspecified atom stereocenters. The zero-order chi connectivity index (χ0) is 15.8. The maximum Gasteiger partial charge on any atom is 0.238 e. The molecule has 2 rings (SSSR count). The second kappa shape index (κ2) is 5.26. The number of hydrogen-bond donors (Lipinski definition) is 3. The fraction of sp³-hybridized carbons (Fsp3) is 0. The number of nitrogen functional groups attached to an aromatic ring is 1. The van der Waals surface area contributed by atoms with Gasteiger partial charge in [0.05, 0.1) is 10.6 Å². The van der Waals surface area contributed by atoms with Gasteiger partial charge in [0.15, 0.2) is 11.6 Å². The van der Waals surface area contributed by atoms with Gasteiger partial charge in [0, 0.05) is 23.5 Å². The van der Waals surface area contributed by atoms with Crippen LogP contribution in [0, 0.1) is 17.5 Å². The van der Waals surface area contributed by atoms with E-state index in [0.717, 1.165) is 18.2 Å². The Labute approximate surface area is 118 Å². The molecule has 0 saturated carbocycles. The fourth-order valence-corrected chi connectivity index (χ4v) is 2.25. The number of primary sulfonamides is 1. The van der Waals surface area contributed by atoms with Crippen molar-refractivity contribution < 1.29 is 21.6 Å². The molecule has 0 aliphatic heterocycles. The van der Waals surface area contributed by atoms with Crippen molar-refractivity contribution in [1.82, 2.24) is 0 Å². The lowest BCUT2D eigenvalue weighted by Crippen LogP contribution is -2.13. The van der Waals surface area contributed by atoms with Gasteiger partial charge in [0.2, 0.25) is 10.0 Å². The lowest BCUT2D eigenvalue weighted by molar-refractivity contribution is 0.498. The Morgan fingerprint density at radius 1 is 1.00 bits per heavy atom. The van der Waals surface area contributed by atoms with Crippen LogP contribution in [0.4, 0.5) is 30.2 Å². The molecule has 9 heteroatoms. The summed E-state index contributed by atoms with van der Waals surface area (Å²) in [5, 5.41) is 7.31. The van der Waals surface area contributed by atoms with Crippen molar-refractivity contribution in [3.05, 3.63) is 47.8 Å². The minimum Gasteiger partial charge on any atom is -0.399 e. The van der Waals surface area contributed by atoms with E-state index in [9.17, 15) is 21.6 Å². The number of rotatable bonds is 3. The zero-order valence-corrected chi connectivity index (χ0v) is 11.2. The van der Waals surface area contributed by atoms with Gasteiger partial charge < -0.3 is 11.1 Å². The molecule has 5 nitrogen and oxygen atoms in total. The second-order valence-corrected chi connectivity index (χ2v) is 5.77. The van der Waals surface area contributed by atoms with Gasteiger partial charge in [-0.2, -0.15) is 0 Å². The molecule has 0 spiro atoms. The number of sulfonamides is 1. The fourth-order valence-electron chi connectivity index (χ4n) is 1.66. The first-order valence-electron chi connectivity index (χ1n) is 5.52. The highest BCUT2D eigenvalue weighted by Gasteiger charge is 2.14. The van der Waals surface area contributed by atoms with E-state index in [4.69, 9.17) is 10.9 Å². The van der Waals surface area contributed by atoms with Crippen LogP contribution in [0.1, 0.15) is 0 Å². The van der Waals surface area contributed by atoms with Crippen molar-refractivity contribution in [2.24, 2.45) is 5.14 Å². The van der Waals surface area contributed by atoms with E-state index in [1.807, 2.05) is 0 Å². The maximum atomic E-state index is 13.5. The Balaban J connectivity index is 2.48. The molecule has 0 amide bonds. The third-order valence-electron chi connectivity index (χ3n) is 2.53. The Morgan fingerprint density at radius 2 is 1.67 bits per heavy atom. The van der Waals surface area contributed by atoms with Crippen molar-refractivity contribution in [3.8, 4) is 0 Å². The van der Waals surface area contributed by atoms with Crippen molar-refractivity contribution in [2.75, 3.05) is 11.1 Å². The van der Waals surface area contributed by atoms with Crippen molar-refractivity contribution in [1.29, 1.82) is 0 Å². The molecule has 5 N–H and O–H groups in total. The largest absolute Gasteiger partial charge is 0.399 e. The Hall–Kier alpha value is -2.26. The van der Waals surface area contributed by atoms with E-state index in [2.05, 4.69) is 5.32 Å². The molecule has 112 valence electrons. The molecular formula is C12H10F3N3O2S. The number of nitrogens with one attached hydrogen (secondary N) is 1. The summed E-state index contributed by atoms with van der Waals surface area (Å²) < 4.78 is 62.2. The van der Waals surface area contributed by atoms with Crippen LogP contribution in [0.15, 0.2) is 35.2 Å². The molecule has 0 heterocycles. The quantitative estimate of drug-likeness (QED) is 0.596. The predicted molar refractivity (Wildman–Crippen MR) is 71.8 cm³/mol. The Bertz CT molecular complexity index is 810. The van der Waals surface area contributed by atoms with Gasteiger partial charge in [0.1, 0.15) is 5.82 Å². The van der Waals surface area contributed by atoms with Gasteiger partial charge in [-0.05, 0) is 18.2 Å². The topological polar surface area (TPSA) is 98.2 Å². The molecular weight excluding hydrogens is 307 g/mol. The number of nitrogens with two attached hydrogens (primary N) is 2. The van der Waals surface area contributed by atoms with E-state index in [1.165, 1.54) is 6.07 Å². The van der Waals surface area contributed by atoms with Crippen molar-refractivity contribution in [2.45, 2.75) is 4.90 Å². The van der Waals surface area contributed by atoms with Gasteiger partial charge in [-0.25, -0.2) is 26.7 Å². The number of halogens is 3. The van der Waals surface area contributed by atoms with Crippen LogP contribution in [0.2, 0.25) is 0 Å². The average molecular weight is 317 g/mol. The molecule has 2 aromatic rings. The summed E-state index contributed by atoms with van der Waals surface area (Å²) in [6.45, 7) is 0. The molecule has 0 aromatic heterocycles. The van der Waals surface area contributed by atoms with Crippen LogP contribution >= 0.6 is 0 Å². The van der Waals surface area contributed by atoms with E-state index in [1.54, 1.807) is 0 Å². The van der Waals surface area contributed by atoms with Crippen LogP contribution in [0.3, 0.4) is 0 Å². The normalized spacial score (nSPS) is 11.4. The number of anilines is 3. The van der Waals surface area contributed by atoms with Crippen LogP contribution in [0.25, 0.3) is 0 Å². The third kappa shape index (κ3) is 3.44. The van der Waals surface area contributed by atoms with Crippen LogP contribution < -0.4 is 16.2 Å². The van der Waals surface area contributed by atoms with Gasteiger partial charge in [0.25, 0.3) is 0 Å². The monoisotopic (exact) mass is 317 g/mol.